The molecule has 0 spiro atoms. The summed E-state index contributed by atoms with van der Waals surface area (Å²) in [6.45, 7) is 2.08. The molecule has 0 fully saturated rings. The first-order valence-electron chi connectivity index (χ1n) is 5.36. The molecule has 0 bridgehead atoms. The normalized spacial score (nSPS) is 11.2. The number of sulfonamides is 1. The van der Waals surface area contributed by atoms with Crippen LogP contribution in [-0.2, 0) is 10.0 Å². The minimum atomic E-state index is -3.79. The van der Waals surface area contributed by atoms with Crippen molar-refractivity contribution < 1.29 is 17.6 Å². The van der Waals surface area contributed by atoms with E-state index in [0.717, 1.165) is 0 Å². The van der Waals surface area contributed by atoms with Crippen molar-refractivity contribution in [3.63, 3.8) is 0 Å². The maximum absolute atomic E-state index is 12.0. The van der Waals surface area contributed by atoms with Gasteiger partial charge in [-0.3, -0.25) is 0 Å². The second-order valence-electron chi connectivity index (χ2n) is 3.48. The molecule has 2 aromatic rings. The first-order chi connectivity index (χ1) is 9.01. The summed E-state index contributed by atoms with van der Waals surface area (Å²) >= 11 is 0. The smallest absolute Gasteiger partial charge is 0.416 e. The molecule has 0 atom stereocenters. The van der Waals surface area contributed by atoms with Gasteiger partial charge in [0, 0.05) is 5.69 Å². The predicted molar refractivity (Wildman–Crippen MR) is 67.1 cm³/mol. The number of aromatic nitrogens is 2. The molecule has 2 rings (SSSR count). The van der Waals surface area contributed by atoms with Gasteiger partial charge in [-0.15, -0.1) is 0 Å². The Morgan fingerprint density at radius 3 is 2.63 bits per heavy atom. The number of nitrogens with zero attached hydrogens (tertiary/aromatic N) is 2. The van der Waals surface area contributed by atoms with Gasteiger partial charge in [-0.25, -0.2) is 13.1 Å². The third kappa shape index (κ3) is 3.13. The highest BCUT2D eigenvalue weighted by Gasteiger charge is 2.18. The molecule has 0 saturated heterocycles. The van der Waals surface area contributed by atoms with Gasteiger partial charge in [0.05, 0.1) is 11.5 Å². The summed E-state index contributed by atoms with van der Waals surface area (Å²) in [5, 5.41) is 7.02. The van der Waals surface area contributed by atoms with Crippen LogP contribution in [0.3, 0.4) is 0 Å². The number of hydrogen-bond acceptors (Lipinski definition) is 7. The first-order valence-corrected chi connectivity index (χ1v) is 6.84. The van der Waals surface area contributed by atoms with E-state index in [1.54, 1.807) is 6.92 Å². The minimum absolute atomic E-state index is 0.0397. The van der Waals surface area contributed by atoms with Gasteiger partial charge in [-0.1, -0.05) is 10.2 Å². The zero-order valence-electron chi connectivity index (χ0n) is 10.0. The second kappa shape index (κ2) is 5.14. The fraction of sp³-hybridized carbons (Fsp3) is 0.200. The summed E-state index contributed by atoms with van der Waals surface area (Å²) in [5.74, 6) is 0. The number of nitrogen functional groups attached to an aromatic ring is 1. The lowest BCUT2D eigenvalue weighted by atomic mass is 10.3. The van der Waals surface area contributed by atoms with Crippen molar-refractivity contribution in [3.8, 4) is 6.08 Å². The van der Waals surface area contributed by atoms with Crippen LogP contribution in [0.4, 0.5) is 11.7 Å². The number of benzene rings is 1. The monoisotopic (exact) mass is 284 g/mol. The van der Waals surface area contributed by atoms with Crippen molar-refractivity contribution in [2.45, 2.75) is 11.8 Å². The summed E-state index contributed by atoms with van der Waals surface area (Å²) < 4.78 is 35.9. The summed E-state index contributed by atoms with van der Waals surface area (Å²) in [6, 6.07) is 5.44. The molecule has 0 unspecified atom stereocenters. The molecule has 1 aromatic heterocycles. The van der Waals surface area contributed by atoms with E-state index < -0.39 is 10.0 Å². The Morgan fingerprint density at radius 2 is 2.00 bits per heavy atom. The molecule has 1 aromatic carbocycles. The number of nitrogens with two attached hydrogens (primary N) is 1. The lowest BCUT2D eigenvalue weighted by Gasteiger charge is -2.03. The topological polar surface area (TPSA) is 120 Å². The fourth-order valence-electron chi connectivity index (χ4n) is 1.25. The Hall–Kier alpha value is -2.29. The first kappa shape index (κ1) is 13.1. The van der Waals surface area contributed by atoms with Gasteiger partial charge in [0.1, 0.15) is 0 Å². The van der Waals surface area contributed by atoms with E-state index >= 15 is 0 Å². The Balaban J connectivity index is 2.18. The zero-order valence-corrected chi connectivity index (χ0v) is 10.8. The van der Waals surface area contributed by atoms with Crippen molar-refractivity contribution in [2.75, 3.05) is 17.1 Å². The summed E-state index contributed by atoms with van der Waals surface area (Å²) in [7, 11) is -3.79. The lowest BCUT2D eigenvalue weighted by molar-refractivity contribution is 0.247. The van der Waals surface area contributed by atoms with E-state index in [1.165, 1.54) is 24.3 Å². The maximum atomic E-state index is 12.0. The van der Waals surface area contributed by atoms with Crippen molar-refractivity contribution >= 4 is 21.7 Å². The number of rotatable bonds is 5. The Morgan fingerprint density at radius 1 is 1.32 bits per heavy atom. The number of ether oxygens (including phenoxy) is 1. The standard InChI is InChI=1S/C10H12N4O4S/c1-2-17-10-13-12-9(18-10)14-19(15,16)8-5-3-7(11)4-6-8/h3-6H,2,11H2,1H3,(H,12,14). The molecule has 102 valence electrons. The molecule has 0 saturated carbocycles. The van der Waals surface area contributed by atoms with E-state index in [1.807, 2.05) is 0 Å². The van der Waals surface area contributed by atoms with Gasteiger partial charge in [-0.2, -0.15) is 0 Å². The highest BCUT2D eigenvalue weighted by molar-refractivity contribution is 7.92. The zero-order chi connectivity index (χ0) is 13.9. The third-order valence-corrected chi connectivity index (χ3v) is 3.42. The van der Waals surface area contributed by atoms with Gasteiger partial charge in [-0.05, 0) is 31.2 Å². The molecule has 0 radical (unpaired) electrons. The van der Waals surface area contributed by atoms with E-state index in [4.69, 9.17) is 14.9 Å². The number of nitrogens with one attached hydrogen (secondary N) is 1. The van der Waals surface area contributed by atoms with Crippen LogP contribution in [0.5, 0.6) is 6.08 Å². The van der Waals surface area contributed by atoms with Crippen LogP contribution < -0.4 is 15.2 Å². The molecule has 1 heterocycles. The van der Waals surface area contributed by atoms with Crippen molar-refractivity contribution in [1.29, 1.82) is 0 Å². The van der Waals surface area contributed by atoms with Gasteiger partial charge in [0.15, 0.2) is 0 Å². The number of anilines is 2. The maximum Gasteiger partial charge on any atom is 0.416 e. The Labute approximate surface area is 109 Å². The van der Waals surface area contributed by atoms with E-state index in [9.17, 15) is 8.42 Å². The summed E-state index contributed by atoms with van der Waals surface area (Å²) in [4.78, 5) is 0.0397. The minimum Gasteiger partial charge on any atom is -0.449 e. The van der Waals surface area contributed by atoms with Crippen molar-refractivity contribution in [2.24, 2.45) is 0 Å². The van der Waals surface area contributed by atoms with Crippen LogP contribution in [0.25, 0.3) is 0 Å². The summed E-state index contributed by atoms with van der Waals surface area (Å²) in [6.07, 6.45) is -0.0995. The highest BCUT2D eigenvalue weighted by Crippen LogP contribution is 2.18. The van der Waals surface area contributed by atoms with Gasteiger partial charge < -0.3 is 14.9 Å². The van der Waals surface area contributed by atoms with Crippen molar-refractivity contribution in [1.82, 2.24) is 10.2 Å². The van der Waals surface area contributed by atoms with Crippen LogP contribution in [0.15, 0.2) is 33.6 Å². The highest BCUT2D eigenvalue weighted by atomic mass is 32.2. The quantitative estimate of drug-likeness (QED) is 0.781. The van der Waals surface area contributed by atoms with Crippen LogP contribution >= 0.6 is 0 Å². The fourth-order valence-corrected chi connectivity index (χ4v) is 2.18. The molecule has 19 heavy (non-hydrogen) atoms. The van der Waals surface area contributed by atoms with Gasteiger partial charge >= 0.3 is 12.1 Å². The lowest BCUT2D eigenvalue weighted by Crippen LogP contribution is -2.13. The Kier molecular flexibility index (Phi) is 3.56. The van der Waals surface area contributed by atoms with Gasteiger partial charge in [0.25, 0.3) is 10.0 Å². The predicted octanol–water partition coefficient (Wildman–Crippen LogP) is 0.851. The van der Waals surface area contributed by atoms with E-state index in [-0.39, 0.29) is 17.0 Å². The van der Waals surface area contributed by atoms with E-state index in [0.29, 0.717) is 12.3 Å². The molecule has 0 aliphatic heterocycles. The molecular weight excluding hydrogens is 272 g/mol. The molecule has 0 aliphatic rings. The van der Waals surface area contributed by atoms with E-state index in [2.05, 4.69) is 14.9 Å². The molecule has 9 heteroatoms. The van der Waals surface area contributed by atoms with Gasteiger partial charge in [0.2, 0.25) is 0 Å². The molecule has 0 aliphatic carbocycles. The Bertz CT molecular complexity index is 650. The largest absolute Gasteiger partial charge is 0.449 e. The molecular formula is C10H12N4O4S. The van der Waals surface area contributed by atoms with Crippen LogP contribution in [0.1, 0.15) is 6.92 Å². The van der Waals surface area contributed by atoms with Crippen LogP contribution in [-0.4, -0.2) is 25.2 Å². The average molecular weight is 284 g/mol. The average Bonchev–Trinajstić information content (AvgIpc) is 2.77. The summed E-state index contributed by atoms with van der Waals surface area (Å²) in [5.41, 5.74) is 5.95. The van der Waals surface area contributed by atoms with Crippen LogP contribution in [0, 0.1) is 0 Å². The van der Waals surface area contributed by atoms with Crippen LogP contribution in [0.2, 0.25) is 0 Å². The second-order valence-corrected chi connectivity index (χ2v) is 5.16. The number of hydrogen-bond donors (Lipinski definition) is 2. The molecule has 8 nitrogen and oxygen atoms in total. The molecule has 3 N–H and O–H groups in total. The SMILES string of the molecule is CCOc1nnc(NS(=O)(=O)c2ccc(N)cc2)o1. The third-order valence-electron chi connectivity index (χ3n) is 2.09. The molecule has 0 amide bonds. The van der Waals surface area contributed by atoms with Crippen molar-refractivity contribution in [3.05, 3.63) is 24.3 Å².